The first kappa shape index (κ1) is 23.2. The zero-order valence-electron chi connectivity index (χ0n) is 17.3. The van der Waals surface area contributed by atoms with Gasteiger partial charge in [-0.25, -0.2) is 13.6 Å². The summed E-state index contributed by atoms with van der Waals surface area (Å²) in [7, 11) is 1.43. The quantitative estimate of drug-likeness (QED) is 0.502. The minimum atomic E-state index is -2.75. The van der Waals surface area contributed by atoms with Crippen LogP contribution in [0.25, 0.3) is 0 Å². The smallest absolute Gasteiger partial charge is 0.411 e. The van der Waals surface area contributed by atoms with Crippen LogP contribution < -0.4 is 10.6 Å². The molecule has 0 radical (unpaired) electrons. The van der Waals surface area contributed by atoms with Crippen molar-refractivity contribution in [1.29, 1.82) is 0 Å². The van der Waals surface area contributed by atoms with E-state index in [4.69, 9.17) is 16.3 Å². The van der Waals surface area contributed by atoms with Crippen LogP contribution >= 0.6 is 11.6 Å². The summed E-state index contributed by atoms with van der Waals surface area (Å²) in [6, 6.07) is 14.4. The lowest BCUT2D eigenvalue weighted by Crippen LogP contribution is -2.28. The van der Waals surface area contributed by atoms with E-state index in [2.05, 4.69) is 15.7 Å². The third kappa shape index (κ3) is 6.04. The molecule has 0 fully saturated rings. The Hall–Kier alpha value is -3.46. The molecule has 1 unspecified atom stereocenters. The van der Waals surface area contributed by atoms with Gasteiger partial charge in [0.2, 0.25) is 0 Å². The largest absolute Gasteiger partial charge is 0.444 e. The van der Waals surface area contributed by atoms with Crippen molar-refractivity contribution in [3.63, 3.8) is 0 Å². The van der Waals surface area contributed by atoms with Crippen LogP contribution in [0, 0.1) is 0 Å². The number of carbonyl (C=O) groups is 2. The van der Waals surface area contributed by atoms with Gasteiger partial charge < -0.3 is 10.1 Å². The van der Waals surface area contributed by atoms with Crippen molar-refractivity contribution < 1.29 is 23.1 Å². The summed E-state index contributed by atoms with van der Waals surface area (Å²) in [6.07, 6.45) is -3.36. The second-order valence-electron chi connectivity index (χ2n) is 7.02. The number of rotatable bonds is 7. The minimum absolute atomic E-state index is 0.0360. The molecular formula is C22H21ClF2N4O3. The number of nitrogens with one attached hydrogen (secondary N) is 2. The molecule has 0 aliphatic rings. The van der Waals surface area contributed by atoms with E-state index < -0.39 is 30.2 Å². The Balaban J connectivity index is 1.53. The SMILES string of the molecule is CC(NC(=O)c1cc(C(F)F)nn1C)c1ccc(NC(=O)OCc2ccc(Cl)cc2)cc1. The Morgan fingerprint density at radius 1 is 1.12 bits per heavy atom. The third-order valence-electron chi connectivity index (χ3n) is 4.64. The van der Waals surface area contributed by atoms with E-state index in [-0.39, 0.29) is 12.3 Å². The van der Waals surface area contributed by atoms with Crippen LogP contribution in [-0.4, -0.2) is 21.8 Å². The molecule has 2 aromatic carbocycles. The fourth-order valence-electron chi connectivity index (χ4n) is 2.90. The highest BCUT2D eigenvalue weighted by molar-refractivity contribution is 6.30. The number of nitrogens with zero attached hydrogens (tertiary/aromatic N) is 2. The lowest BCUT2D eigenvalue weighted by Gasteiger charge is -2.15. The van der Waals surface area contributed by atoms with E-state index in [9.17, 15) is 18.4 Å². The molecule has 0 spiro atoms. The average molecular weight is 463 g/mol. The molecule has 3 rings (SSSR count). The summed E-state index contributed by atoms with van der Waals surface area (Å²) in [5.74, 6) is -0.521. The Bertz CT molecular complexity index is 1090. The summed E-state index contributed by atoms with van der Waals surface area (Å²) >= 11 is 5.82. The summed E-state index contributed by atoms with van der Waals surface area (Å²) < 4.78 is 31.8. The number of hydrogen-bond donors (Lipinski definition) is 2. The van der Waals surface area contributed by atoms with Gasteiger partial charge in [0.15, 0.2) is 0 Å². The Kier molecular flexibility index (Phi) is 7.42. The fraction of sp³-hybridized carbons (Fsp3) is 0.227. The van der Waals surface area contributed by atoms with Crippen LogP contribution in [0.5, 0.6) is 0 Å². The number of aromatic nitrogens is 2. The molecule has 32 heavy (non-hydrogen) atoms. The summed E-state index contributed by atoms with van der Waals surface area (Å²) in [6.45, 7) is 1.86. The van der Waals surface area contributed by atoms with Gasteiger partial charge in [0.1, 0.15) is 18.0 Å². The van der Waals surface area contributed by atoms with Gasteiger partial charge in [0.25, 0.3) is 12.3 Å². The highest BCUT2D eigenvalue weighted by atomic mass is 35.5. The van der Waals surface area contributed by atoms with Crippen LogP contribution in [0.1, 0.15) is 46.7 Å². The molecule has 7 nitrogen and oxygen atoms in total. The molecule has 0 saturated carbocycles. The van der Waals surface area contributed by atoms with Crippen LogP contribution in [0.2, 0.25) is 5.02 Å². The van der Waals surface area contributed by atoms with Crippen molar-refractivity contribution in [3.05, 3.63) is 82.1 Å². The molecule has 168 valence electrons. The number of benzene rings is 2. The van der Waals surface area contributed by atoms with Gasteiger partial charge >= 0.3 is 6.09 Å². The van der Waals surface area contributed by atoms with Crippen LogP contribution in [0.15, 0.2) is 54.6 Å². The summed E-state index contributed by atoms with van der Waals surface area (Å²) in [4.78, 5) is 24.4. The molecule has 2 amide bonds. The Labute approximate surface area is 188 Å². The molecule has 10 heteroatoms. The molecule has 2 N–H and O–H groups in total. The van der Waals surface area contributed by atoms with Crippen molar-refractivity contribution in [2.75, 3.05) is 5.32 Å². The van der Waals surface area contributed by atoms with Gasteiger partial charge in [-0.3, -0.25) is 14.8 Å². The topological polar surface area (TPSA) is 85.3 Å². The van der Waals surface area contributed by atoms with Gasteiger partial charge in [-0.15, -0.1) is 0 Å². The van der Waals surface area contributed by atoms with Crippen molar-refractivity contribution in [1.82, 2.24) is 15.1 Å². The molecule has 3 aromatic rings. The number of alkyl halides is 2. The monoisotopic (exact) mass is 462 g/mol. The van der Waals surface area contributed by atoms with Crippen molar-refractivity contribution in [2.24, 2.45) is 7.05 Å². The predicted octanol–water partition coefficient (Wildman–Crippen LogP) is 5.25. The zero-order valence-corrected chi connectivity index (χ0v) is 18.1. The van der Waals surface area contributed by atoms with Crippen LogP contribution in [0.4, 0.5) is 19.3 Å². The first-order valence-corrected chi connectivity index (χ1v) is 10.0. The molecule has 1 heterocycles. The van der Waals surface area contributed by atoms with Gasteiger partial charge in [-0.2, -0.15) is 5.10 Å². The van der Waals surface area contributed by atoms with Gasteiger partial charge in [-0.1, -0.05) is 35.9 Å². The average Bonchev–Trinajstić information content (AvgIpc) is 3.16. The van der Waals surface area contributed by atoms with E-state index in [1.54, 1.807) is 55.5 Å². The normalized spacial score (nSPS) is 11.8. The molecular weight excluding hydrogens is 442 g/mol. The number of ether oxygens (including phenoxy) is 1. The first-order valence-electron chi connectivity index (χ1n) is 9.64. The van der Waals surface area contributed by atoms with Crippen molar-refractivity contribution >= 4 is 29.3 Å². The van der Waals surface area contributed by atoms with E-state index >= 15 is 0 Å². The summed E-state index contributed by atoms with van der Waals surface area (Å²) in [5, 5.41) is 9.60. The van der Waals surface area contributed by atoms with Gasteiger partial charge in [-0.05, 0) is 48.4 Å². The zero-order chi connectivity index (χ0) is 23.3. The molecule has 0 aliphatic carbocycles. The fourth-order valence-corrected chi connectivity index (χ4v) is 3.03. The lowest BCUT2D eigenvalue weighted by atomic mass is 10.1. The van der Waals surface area contributed by atoms with Crippen molar-refractivity contribution in [2.45, 2.75) is 26.0 Å². The number of anilines is 1. The number of amides is 2. The standard InChI is InChI=1S/C22H21ClF2N4O3/c1-13(26-21(30)19-11-18(20(24)25)28-29(19)2)15-5-9-17(10-6-15)27-22(31)32-12-14-3-7-16(23)8-4-14/h3-11,13,20H,12H2,1-2H3,(H,26,30)(H,27,31). The summed E-state index contributed by atoms with van der Waals surface area (Å²) in [5.41, 5.74) is 1.66. The Morgan fingerprint density at radius 2 is 1.78 bits per heavy atom. The molecule has 1 aromatic heterocycles. The number of halogens is 3. The second kappa shape index (κ2) is 10.2. The maximum atomic E-state index is 12.8. The molecule has 0 bridgehead atoms. The van der Waals surface area contributed by atoms with Crippen LogP contribution in [0.3, 0.4) is 0 Å². The van der Waals surface area contributed by atoms with E-state index in [0.29, 0.717) is 10.7 Å². The third-order valence-corrected chi connectivity index (χ3v) is 4.89. The van der Waals surface area contributed by atoms with Crippen LogP contribution in [-0.2, 0) is 18.4 Å². The molecule has 0 aliphatic heterocycles. The highest BCUT2D eigenvalue weighted by Gasteiger charge is 2.20. The van der Waals surface area contributed by atoms with E-state index in [1.807, 2.05) is 0 Å². The maximum absolute atomic E-state index is 12.8. The number of hydrogen-bond acceptors (Lipinski definition) is 4. The highest BCUT2D eigenvalue weighted by Crippen LogP contribution is 2.20. The van der Waals surface area contributed by atoms with E-state index in [1.165, 1.54) is 7.05 Å². The number of aryl methyl sites for hydroxylation is 1. The molecule has 0 saturated heterocycles. The maximum Gasteiger partial charge on any atom is 0.411 e. The Morgan fingerprint density at radius 3 is 2.38 bits per heavy atom. The van der Waals surface area contributed by atoms with Gasteiger partial charge in [0.05, 0.1) is 6.04 Å². The number of carbonyl (C=O) groups excluding carboxylic acids is 2. The lowest BCUT2D eigenvalue weighted by molar-refractivity contribution is 0.0930. The van der Waals surface area contributed by atoms with Crippen molar-refractivity contribution in [3.8, 4) is 0 Å². The van der Waals surface area contributed by atoms with E-state index in [0.717, 1.165) is 21.9 Å². The van der Waals surface area contributed by atoms with Gasteiger partial charge in [0, 0.05) is 17.8 Å². The first-order chi connectivity index (χ1) is 15.2. The second-order valence-corrected chi connectivity index (χ2v) is 7.46. The minimum Gasteiger partial charge on any atom is -0.444 e. The molecule has 1 atom stereocenters. The predicted molar refractivity (Wildman–Crippen MR) is 116 cm³/mol.